The van der Waals surface area contributed by atoms with E-state index in [1.54, 1.807) is 0 Å². The van der Waals surface area contributed by atoms with Crippen LogP contribution in [0.25, 0.3) is 21.5 Å². The summed E-state index contributed by atoms with van der Waals surface area (Å²) in [5.74, 6) is 0.114. The summed E-state index contributed by atoms with van der Waals surface area (Å²) < 4.78 is 0. The fourth-order valence-electron chi connectivity index (χ4n) is 4.41. The lowest BCUT2D eigenvalue weighted by Gasteiger charge is -2.34. The Hall–Kier alpha value is -2.74. The summed E-state index contributed by atoms with van der Waals surface area (Å²) in [5, 5.41) is 4.56. The predicted octanol–water partition coefficient (Wildman–Crippen LogP) is 5.91. The summed E-state index contributed by atoms with van der Waals surface area (Å²) in [6, 6.07) is 18.8. The van der Waals surface area contributed by atoms with Gasteiger partial charge < -0.3 is 0 Å². The van der Waals surface area contributed by atoms with Gasteiger partial charge in [0.1, 0.15) is 0 Å². The molecule has 2 heteroatoms. The van der Waals surface area contributed by atoms with Crippen LogP contribution in [0.4, 0.5) is 0 Å². The molecule has 0 saturated carbocycles. The maximum atomic E-state index is 13.1. The highest BCUT2D eigenvalue weighted by Crippen LogP contribution is 2.42. The van der Waals surface area contributed by atoms with Crippen molar-refractivity contribution in [3.8, 4) is 0 Å². The largest absolute Gasteiger partial charge is 0.295 e. The van der Waals surface area contributed by atoms with E-state index in [0.717, 1.165) is 47.4 Å². The minimum Gasteiger partial charge on any atom is -0.295 e. The predicted molar refractivity (Wildman–Crippen MR) is 111 cm³/mol. The van der Waals surface area contributed by atoms with E-state index in [9.17, 15) is 9.59 Å². The first-order valence-corrected chi connectivity index (χ1v) is 9.81. The van der Waals surface area contributed by atoms with Crippen molar-refractivity contribution in [3.63, 3.8) is 0 Å². The molecule has 0 saturated heterocycles. The number of allylic oxidation sites excluding steroid dienone is 2. The lowest BCUT2D eigenvalue weighted by atomic mass is 9.66. The van der Waals surface area contributed by atoms with Gasteiger partial charge in [0, 0.05) is 6.42 Å². The van der Waals surface area contributed by atoms with Crippen molar-refractivity contribution in [3.05, 3.63) is 72.3 Å². The van der Waals surface area contributed by atoms with Gasteiger partial charge in [0.15, 0.2) is 11.6 Å². The minimum absolute atomic E-state index is 0.0453. The summed E-state index contributed by atoms with van der Waals surface area (Å²) in [5.41, 5.74) is 0.271. The second-order valence-corrected chi connectivity index (χ2v) is 7.61. The molecule has 1 atom stereocenters. The van der Waals surface area contributed by atoms with E-state index in [4.69, 9.17) is 0 Å². The molecule has 0 N–H and O–H groups in total. The first-order valence-electron chi connectivity index (χ1n) is 9.81. The van der Waals surface area contributed by atoms with Crippen molar-refractivity contribution >= 4 is 33.1 Å². The van der Waals surface area contributed by atoms with E-state index in [1.165, 1.54) is 17.5 Å². The van der Waals surface area contributed by atoms with Gasteiger partial charge in [-0.05, 0) is 57.8 Å². The molecule has 0 amide bonds. The van der Waals surface area contributed by atoms with Crippen LogP contribution in [-0.2, 0) is 15.0 Å². The quantitative estimate of drug-likeness (QED) is 0.421. The first-order chi connectivity index (χ1) is 13.1. The monoisotopic (exact) mass is 356 g/mol. The molecule has 4 rings (SSSR count). The summed E-state index contributed by atoms with van der Waals surface area (Å²) in [6.45, 7) is 2.16. The van der Waals surface area contributed by atoms with Crippen LogP contribution in [0.5, 0.6) is 0 Å². The fourth-order valence-corrected chi connectivity index (χ4v) is 4.41. The van der Waals surface area contributed by atoms with Crippen LogP contribution in [0.2, 0.25) is 0 Å². The Morgan fingerprint density at radius 2 is 1.59 bits per heavy atom. The molecule has 0 aliphatic heterocycles. The van der Waals surface area contributed by atoms with Gasteiger partial charge in [-0.15, -0.1) is 0 Å². The lowest BCUT2D eigenvalue weighted by Crippen LogP contribution is -2.39. The number of benzene rings is 3. The average Bonchev–Trinajstić information content (AvgIpc) is 2.68. The third-order valence-electron chi connectivity index (χ3n) is 5.84. The molecule has 136 valence electrons. The fraction of sp³-hybridized carbons (Fsp3) is 0.280. The van der Waals surface area contributed by atoms with E-state index in [0.29, 0.717) is 0 Å². The zero-order valence-electron chi connectivity index (χ0n) is 15.7. The van der Waals surface area contributed by atoms with E-state index in [1.807, 2.05) is 24.3 Å². The number of unbranched alkanes of at least 4 members (excludes halogenated alkanes) is 2. The first kappa shape index (κ1) is 17.7. The van der Waals surface area contributed by atoms with Crippen molar-refractivity contribution in [2.24, 2.45) is 0 Å². The molecule has 1 unspecified atom stereocenters. The molecule has 3 aromatic carbocycles. The third kappa shape index (κ3) is 3.10. The topological polar surface area (TPSA) is 34.1 Å². The van der Waals surface area contributed by atoms with Crippen LogP contribution >= 0.6 is 0 Å². The number of carbonyl (C=O) groups is 2. The van der Waals surface area contributed by atoms with Gasteiger partial charge >= 0.3 is 0 Å². The molecule has 0 heterocycles. The van der Waals surface area contributed by atoms with Gasteiger partial charge in [-0.3, -0.25) is 9.59 Å². The Morgan fingerprint density at radius 3 is 2.37 bits per heavy atom. The molecule has 0 aromatic heterocycles. The van der Waals surface area contributed by atoms with Gasteiger partial charge in [-0.25, -0.2) is 0 Å². The minimum atomic E-state index is -0.733. The molecule has 3 aromatic rings. The second-order valence-electron chi connectivity index (χ2n) is 7.61. The van der Waals surface area contributed by atoms with Crippen LogP contribution in [0.15, 0.2) is 66.7 Å². The standard InChI is InChI=1S/C25H24O2/c1-2-3-6-14-25(17-21(26)12-13-24(25)27)23-11-7-10-20-15-18-8-4-5-9-19(18)16-22(20)23/h4-5,7-13,15-16H,2-3,6,14,17H2,1H3. The van der Waals surface area contributed by atoms with Crippen molar-refractivity contribution in [2.75, 3.05) is 0 Å². The number of carbonyl (C=O) groups excluding carboxylic acids is 2. The van der Waals surface area contributed by atoms with Gasteiger partial charge in [-0.1, -0.05) is 68.7 Å². The molecule has 27 heavy (non-hydrogen) atoms. The summed E-state index contributed by atoms with van der Waals surface area (Å²) in [7, 11) is 0. The number of fused-ring (bicyclic) bond motifs is 2. The number of rotatable bonds is 5. The van der Waals surface area contributed by atoms with Crippen LogP contribution in [0, 0.1) is 0 Å². The van der Waals surface area contributed by atoms with E-state index in [-0.39, 0.29) is 18.0 Å². The normalized spacial score (nSPS) is 19.9. The lowest BCUT2D eigenvalue weighted by molar-refractivity contribution is -0.126. The number of hydrogen-bond donors (Lipinski definition) is 0. The number of ketones is 2. The molecular weight excluding hydrogens is 332 g/mol. The van der Waals surface area contributed by atoms with Crippen LogP contribution in [0.3, 0.4) is 0 Å². The molecule has 1 aliphatic rings. The van der Waals surface area contributed by atoms with Crippen molar-refractivity contribution in [1.29, 1.82) is 0 Å². The highest BCUT2D eigenvalue weighted by Gasteiger charge is 2.42. The molecular formula is C25H24O2. The number of hydrogen-bond acceptors (Lipinski definition) is 2. The van der Waals surface area contributed by atoms with Crippen LogP contribution < -0.4 is 0 Å². The van der Waals surface area contributed by atoms with E-state index in [2.05, 4.69) is 37.3 Å². The van der Waals surface area contributed by atoms with Crippen molar-refractivity contribution in [2.45, 2.75) is 44.4 Å². The molecule has 0 spiro atoms. The molecule has 0 radical (unpaired) electrons. The van der Waals surface area contributed by atoms with Gasteiger partial charge in [0.05, 0.1) is 5.41 Å². The maximum absolute atomic E-state index is 13.1. The summed E-state index contributed by atoms with van der Waals surface area (Å²) in [4.78, 5) is 25.5. The van der Waals surface area contributed by atoms with E-state index >= 15 is 0 Å². The van der Waals surface area contributed by atoms with Crippen LogP contribution in [0.1, 0.15) is 44.6 Å². The molecule has 2 nitrogen and oxygen atoms in total. The van der Waals surface area contributed by atoms with Gasteiger partial charge in [0.2, 0.25) is 0 Å². The van der Waals surface area contributed by atoms with Gasteiger partial charge in [0.25, 0.3) is 0 Å². The molecule has 1 aliphatic carbocycles. The smallest absolute Gasteiger partial charge is 0.166 e. The highest BCUT2D eigenvalue weighted by molar-refractivity contribution is 6.13. The van der Waals surface area contributed by atoms with E-state index < -0.39 is 5.41 Å². The average molecular weight is 356 g/mol. The Balaban J connectivity index is 1.95. The van der Waals surface area contributed by atoms with Crippen molar-refractivity contribution < 1.29 is 9.59 Å². The van der Waals surface area contributed by atoms with Gasteiger partial charge in [-0.2, -0.15) is 0 Å². The Morgan fingerprint density at radius 1 is 0.852 bits per heavy atom. The molecule has 0 bridgehead atoms. The Bertz CT molecular complexity index is 1060. The van der Waals surface area contributed by atoms with Crippen molar-refractivity contribution in [1.82, 2.24) is 0 Å². The third-order valence-corrected chi connectivity index (χ3v) is 5.84. The maximum Gasteiger partial charge on any atom is 0.166 e. The zero-order valence-corrected chi connectivity index (χ0v) is 15.7. The molecule has 0 fully saturated rings. The SMILES string of the molecule is CCCCCC1(c2cccc3cc4ccccc4cc23)CC(=O)C=CC1=O. The second kappa shape index (κ2) is 7.11. The Labute approximate surface area is 159 Å². The zero-order chi connectivity index (χ0) is 18.9. The summed E-state index contributed by atoms with van der Waals surface area (Å²) >= 11 is 0. The Kier molecular flexibility index (Phi) is 4.65. The summed E-state index contributed by atoms with van der Waals surface area (Å²) in [6.07, 6.45) is 7.06. The highest BCUT2D eigenvalue weighted by atomic mass is 16.1. The van der Waals surface area contributed by atoms with Crippen LogP contribution in [-0.4, -0.2) is 11.6 Å².